The lowest BCUT2D eigenvalue weighted by Gasteiger charge is -2.38. The summed E-state index contributed by atoms with van der Waals surface area (Å²) >= 11 is 0. The molecule has 0 atom stereocenters. The number of anilines is 2. The quantitative estimate of drug-likeness (QED) is 0.630. The van der Waals surface area contributed by atoms with Crippen LogP contribution in [0.3, 0.4) is 0 Å². The van der Waals surface area contributed by atoms with Crippen molar-refractivity contribution in [3.8, 4) is 0 Å². The molecule has 0 spiro atoms. The van der Waals surface area contributed by atoms with Crippen molar-refractivity contribution < 1.29 is 19.4 Å². The summed E-state index contributed by atoms with van der Waals surface area (Å²) < 4.78 is 5.61. The van der Waals surface area contributed by atoms with Crippen LogP contribution in [-0.4, -0.2) is 67.3 Å². The van der Waals surface area contributed by atoms with Crippen molar-refractivity contribution in [3.05, 3.63) is 23.8 Å². The lowest BCUT2D eigenvalue weighted by molar-refractivity contribution is -0.114. The van der Waals surface area contributed by atoms with Gasteiger partial charge in [0.25, 0.3) is 0 Å². The number of piperidine rings is 1. The molecule has 0 radical (unpaired) electrons. The van der Waals surface area contributed by atoms with Crippen molar-refractivity contribution in [3.63, 3.8) is 0 Å². The van der Waals surface area contributed by atoms with Crippen LogP contribution in [-0.2, 0) is 9.53 Å². The fourth-order valence-corrected chi connectivity index (χ4v) is 3.63. The van der Waals surface area contributed by atoms with Gasteiger partial charge >= 0.3 is 5.97 Å². The van der Waals surface area contributed by atoms with Crippen LogP contribution < -0.4 is 10.2 Å². The Bertz CT molecular complexity index is 670. The largest absolute Gasteiger partial charge is 0.478 e. The fourth-order valence-electron chi connectivity index (χ4n) is 3.63. The molecular weight excluding hydrogens is 358 g/mol. The number of hydrogen-bond acceptors (Lipinski definition) is 5. The van der Waals surface area contributed by atoms with Crippen molar-refractivity contribution in [2.75, 3.05) is 43.5 Å². The summed E-state index contributed by atoms with van der Waals surface area (Å²) in [5.41, 5.74) is 1.45. The Labute approximate surface area is 167 Å². The average molecular weight is 392 g/mol. The molecule has 1 aliphatic rings. The zero-order valence-electron chi connectivity index (χ0n) is 17.4. The maximum atomic E-state index is 11.7. The molecule has 7 nitrogen and oxygen atoms in total. The van der Waals surface area contributed by atoms with Gasteiger partial charge in [0.1, 0.15) is 0 Å². The van der Waals surface area contributed by atoms with E-state index in [0.29, 0.717) is 17.4 Å². The standard InChI is InChI=1S/C21H33N3O4/c1-15(2)28-13-5-10-23(4)18-8-11-24(12-9-18)20-7-6-17(22-16(3)25)14-19(20)21(26)27/h6-7,14-15,18H,5,8-13H2,1-4H3,(H,22,25)(H,26,27). The monoisotopic (exact) mass is 391 g/mol. The minimum atomic E-state index is -0.980. The first-order valence-corrected chi connectivity index (χ1v) is 9.99. The Hall–Kier alpha value is -2.12. The number of carbonyl (C=O) groups excluding carboxylic acids is 1. The third kappa shape index (κ3) is 6.49. The summed E-state index contributed by atoms with van der Waals surface area (Å²) in [6.45, 7) is 8.92. The number of amides is 1. The van der Waals surface area contributed by atoms with Crippen molar-refractivity contribution in [2.24, 2.45) is 0 Å². The molecular formula is C21H33N3O4. The van der Waals surface area contributed by atoms with Crippen LogP contribution in [0.4, 0.5) is 11.4 Å². The highest BCUT2D eigenvalue weighted by Crippen LogP contribution is 2.28. The van der Waals surface area contributed by atoms with Crippen molar-refractivity contribution >= 4 is 23.3 Å². The first kappa shape index (κ1) is 22.2. The van der Waals surface area contributed by atoms with E-state index in [-0.39, 0.29) is 17.6 Å². The molecule has 28 heavy (non-hydrogen) atoms. The van der Waals surface area contributed by atoms with Gasteiger partial charge in [0, 0.05) is 44.9 Å². The van der Waals surface area contributed by atoms with Crippen molar-refractivity contribution in [1.29, 1.82) is 0 Å². The topological polar surface area (TPSA) is 82.1 Å². The number of ether oxygens (including phenoxy) is 1. The van der Waals surface area contributed by atoms with E-state index in [4.69, 9.17) is 4.74 Å². The van der Waals surface area contributed by atoms with Gasteiger partial charge in [-0.3, -0.25) is 4.79 Å². The number of carbonyl (C=O) groups is 2. The fraction of sp³-hybridized carbons (Fsp3) is 0.619. The summed E-state index contributed by atoms with van der Waals surface area (Å²) in [5.74, 6) is -1.20. The molecule has 1 aromatic carbocycles. The maximum Gasteiger partial charge on any atom is 0.337 e. The van der Waals surface area contributed by atoms with Gasteiger partial charge < -0.3 is 25.0 Å². The molecule has 0 bridgehead atoms. The first-order chi connectivity index (χ1) is 13.3. The van der Waals surface area contributed by atoms with E-state index in [1.165, 1.54) is 13.0 Å². The summed E-state index contributed by atoms with van der Waals surface area (Å²) in [7, 11) is 2.15. The lowest BCUT2D eigenvalue weighted by Crippen LogP contribution is -2.44. The van der Waals surface area contributed by atoms with Crippen LogP contribution >= 0.6 is 0 Å². The minimum absolute atomic E-state index is 0.216. The van der Waals surface area contributed by atoms with E-state index in [9.17, 15) is 14.7 Å². The SMILES string of the molecule is CC(=O)Nc1ccc(N2CCC(N(C)CCCOC(C)C)CC2)c(C(=O)O)c1. The molecule has 1 heterocycles. The van der Waals surface area contributed by atoms with Crippen LogP contribution in [0.5, 0.6) is 0 Å². The molecule has 0 aliphatic carbocycles. The van der Waals surface area contributed by atoms with Crippen LogP contribution in [0, 0.1) is 0 Å². The van der Waals surface area contributed by atoms with Crippen LogP contribution in [0.15, 0.2) is 18.2 Å². The highest BCUT2D eigenvalue weighted by atomic mass is 16.5. The van der Waals surface area contributed by atoms with Crippen molar-refractivity contribution in [1.82, 2.24) is 4.90 Å². The summed E-state index contributed by atoms with van der Waals surface area (Å²) in [4.78, 5) is 27.5. The Morgan fingerprint density at radius 3 is 2.57 bits per heavy atom. The highest BCUT2D eigenvalue weighted by Gasteiger charge is 2.25. The second-order valence-electron chi connectivity index (χ2n) is 7.69. The van der Waals surface area contributed by atoms with Crippen molar-refractivity contribution in [2.45, 2.75) is 52.2 Å². The van der Waals surface area contributed by atoms with E-state index in [1.54, 1.807) is 12.1 Å². The smallest absolute Gasteiger partial charge is 0.337 e. The second-order valence-corrected chi connectivity index (χ2v) is 7.69. The van der Waals surface area contributed by atoms with Crippen LogP contribution in [0.2, 0.25) is 0 Å². The number of rotatable bonds is 9. The highest BCUT2D eigenvalue weighted by molar-refractivity contribution is 5.97. The predicted octanol–water partition coefficient (Wildman–Crippen LogP) is 3.06. The van der Waals surface area contributed by atoms with E-state index >= 15 is 0 Å². The molecule has 156 valence electrons. The Kier molecular flexibility index (Phi) is 8.26. The number of carboxylic acids is 1. The summed E-state index contributed by atoms with van der Waals surface area (Å²) in [6, 6.07) is 5.59. The average Bonchev–Trinajstić information content (AvgIpc) is 2.64. The third-order valence-electron chi connectivity index (χ3n) is 5.08. The van der Waals surface area contributed by atoms with Gasteiger partial charge in [-0.15, -0.1) is 0 Å². The number of aromatic carboxylic acids is 1. The number of hydrogen-bond donors (Lipinski definition) is 2. The number of nitrogens with one attached hydrogen (secondary N) is 1. The van der Waals surface area contributed by atoms with Gasteiger partial charge in [-0.25, -0.2) is 4.79 Å². The molecule has 2 N–H and O–H groups in total. The van der Waals surface area contributed by atoms with Gasteiger partial charge in [0.05, 0.1) is 17.4 Å². The molecule has 1 saturated heterocycles. The molecule has 1 aliphatic heterocycles. The molecule has 7 heteroatoms. The summed E-state index contributed by atoms with van der Waals surface area (Å²) in [6.07, 6.45) is 3.28. The number of benzene rings is 1. The van der Waals surface area contributed by atoms with Gasteiger partial charge in [0.15, 0.2) is 0 Å². The number of carboxylic acid groups (broad SMARTS) is 1. The molecule has 0 saturated carbocycles. The van der Waals surface area contributed by atoms with Gasteiger partial charge in [0.2, 0.25) is 5.91 Å². The third-order valence-corrected chi connectivity index (χ3v) is 5.08. The van der Waals surface area contributed by atoms with E-state index < -0.39 is 5.97 Å². The minimum Gasteiger partial charge on any atom is -0.478 e. The lowest BCUT2D eigenvalue weighted by atomic mass is 10.0. The molecule has 0 unspecified atom stereocenters. The van der Waals surface area contributed by atoms with Crippen LogP contribution in [0.1, 0.15) is 50.4 Å². The van der Waals surface area contributed by atoms with Crippen LogP contribution in [0.25, 0.3) is 0 Å². The second kappa shape index (κ2) is 10.4. The van der Waals surface area contributed by atoms with E-state index in [2.05, 4.69) is 22.2 Å². The van der Waals surface area contributed by atoms with E-state index in [0.717, 1.165) is 45.5 Å². The number of nitrogens with zero attached hydrogens (tertiary/aromatic N) is 2. The van der Waals surface area contributed by atoms with Gasteiger partial charge in [-0.1, -0.05) is 0 Å². The Balaban J connectivity index is 1.93. The first-order valence-electron chi connectivity index (χ1n) is 9.99. The van der Waals surface area contributed by atoms with E-state index in [1.807, 2.05) is 13.8 Å². The molecule has 0 aromatic heterocycles. The maximum absolute atomic E-state index is 11.7. The predicted molar refractivity (Wildman–Crippen MR) is 111 cm³/mol. The molecule has 1 aromatic rings. The van der Waals surface area contributed by atoms with Gasteiger partial charge in [-0.2, -0.15) is 0 Å². The zero-order valence-corrected chi connectivity index (χ0v) is 17.4. The molecule has 1 amide bonds. The Morgan fingerprint density at radius 2 is 2.00 bits per heavy atom. The zero-order chi connectivity index (χ0) is 20.7. The molecule has 1 fully saturated rings. The molecule has 2 rings (SSSR count). The summed E-state index contributed by atoms with van der Waals surface area (Å²) in [5, 5.41) is 12.2. The van der Waals surface area contributed by atoms with Gasteiger partial charge in [-0.05, 0) is 58.4 Å². The Morgan fingerprint density at radius 1 is 1.32 bits per heavy atom. The normalized spacial score (nSPS) is 15.3.